The van der Waals surface area contributed by atoms with Gasteiger partial charge in [0.15, 0.2) is 0 Å². The van der Waals surface area contributed by atoms with E-state index in [4.69, 9.17) is 4.74 Å². The molecule has 0 atom stereocenters. The van der Waals surface area contributed by atoms with E-state index >= 15 is 0 Å². The Balaban J connectivity index is 2.10. The molecule has 0 aliphatic rings. The molecule has 0 aliphatic heterocycles. The molecule has 3 aromatic rings. The minimum Gasteiger partial charge on any atom is -0.494 e. The van der Waals surface area contributed by atoms with Crippen LogP contribution in [0.15, 0.2) is 50.8 Å². The van der Waals surface area contributed by atoms with E-state index in [0.717, 1.165) is 28.3 Å². The first-order valence-electron chi connectivity index (χ1n) is 8.89. The predicted molar refractivity (Wildman–Crippen MR) is 112 cm³/mol. The number of hydrogen-bond acceptors (Lipinski definition) is 4. The summed E-state index contributed by atoms with van der Waals surface area (Å²) in [5.41, 5.74) is -0.382. The van der Waals surface area contributed by atoms with E-state index in [1.807, 2.05) is 32.0 Å². The SMILES string of the molecule is CCOc1ccc(SCC)c(Cn2cnc3c(Br)cc(C(F)(F)F)cc3c2=O)c1. The number of ether oxygens (including phenoxy) is 1. The van der Waals surface area contributed by atoms with Crippen LogP contribution in [-0.2, 0) is 12.7 Å². The van der Waals surface area contributed by atoms with Crippen LogP contribution in [0.1, 0.15) is 25.0 Å². The first-order chi connectivity index (χ1) is 13.7. The molecular weight excluding hydrogens is 469 g/mol. The molecule has 3 rings (SSSR count). The summed E-state index contributed by atoms with van der Waals surface area (Å²) in [4.78, 5) is 18.1. The number of hydrogen-bond donors (Lipinski definition) is 0. The molecular formula is C20H18BrF3N2O2S. The van der Waals surface area contributed by atoms with Gasteiger partial charge in [-0.2, -0.15) is 13.2 Å². The molecule has 2 aromatic carbocycles. The van der Waals surface area contributed by atoms with Crippen molar-refractivity contribution in [1.82, 2.24) is 9.55 Å². The van der Waals surface area contributed by atoms with E-state index < -0.39 is 17.3 Å². The molecule has 1 aromatic heterocycles. The molecule has 0 amide bonds. The molecule has 0 N–H and O–H groups in total. The van der Waals surface area contributed by atoms with E-state index in [1.165, 1.54) is 10.9 Å². The third-order valence-electron chi connectivity index (χ3n) is 4.19. The summed E-state index contributed by atoms with van der Waals surface area (Å²) >= 11 is 4.71. The summed E-state index contributed by atoms with van der Waals surface area (Å²) in [6, 6.07) is 7.41. The maximum Gasteiger partial charge on any atom is 0.416 e. The van der Waals surface area contributed by atoms with Crippen LogP contribution >= 0.6 is 27.7 Å². The average molecular weight is 487 g/mol. The summed E-state index contributed by atoms with van der Waals surface area (Å²) in [5.74, 6) is 1.51. The van der Waals surface area contributed by atoms with Crippen LogP contribution in [0.4, 0.5) is 13.2 Å². The fourth-order valence-electron chi connectivity index (χ4n) is 2.92. The summed E-state index contributed by atoms with van der Waals surface area (Å²) in [5, 5.41) is -0.0835. The van der Waals surface area contributed by atoms with Crippen LogP contribution in [0, 0.1) is 0 Å². The highest BCUT2D eigenvalue weighted by Crippen LogP contribution is 2.34. The standard InChI is InChI=1S/C20H18BrF3N2O2S/c1-3-28-14-5-6-17(29-4-2)12(7-14)10-26-11-25-18-15(19(26)27)8-13(9-16(18)21)20(22,23)24/h5-9,11H,3-4,10H2,1-2H3. The highest BCUT2D eigenvalue weighted by molar-refractivity contribution is 9.10. The molecule has 9 heteroatoms. The number of nitrogens with zero attached hydrogens (tertiary/aromatic N) is 2. The van der Waals surface area contributed by atoms with Crippen LogP contribution in [0.5, 0.6) is 5.75 Å². The maximum absolute atomic E-state index is 13.2. The molecule has 29 heavy (non-hydrogen) atoms. The minimum atomic E-state index is -4.55. The van der Waals surface area contributed by atoms with Gasteiger partial charge in [-0.25, -0.2) is 4.98 Å². The number of fused-ring (bicyclic) bond motifs is 1. The Labute approximate surface area is 178 Å². The third kappa shape index (κ3) is 4.78. The molecule has 1 heterocycles. The fraction of sp³-hybridized carbons (Fsp3) is 0.300. The van der Waals surface area contributed by atoms with Crippen molar-refractivity contribution >= 4 is 38.6 Å². The normalized spacial score (nSPS) is 11.8. The van der Waals surface area contributed by atoms with Crippen molar-refractivity contribution < 1.29 is 17.9 Å². The van der Waals surface area contributed by atoms with Crippen LogP contribution in [0.25, 0.3) is 10.9 Å². The highest BCUT2D eigenvalue weighted by Gasteiger charge is 2.31. The van der Waals surface area contributed by atoms with Crippen molar-refractivity contribution in [1.29, 1.82) is 0 Å². The first-order valence-corrected chi connectivity index (χ1v) is 10.7. The van der Waals surface area contributed by atoms with E-state index in [9.17, 15) is 18.0 Å². The number of aromatic nitrogens is 2. The zero-order valence-corrected chi connectivity index (χ0v) is 18.1. The van der Waals surface area contributed by atoms with Crippen LogP contribution in [0.2, 0.25) is 0 Å². The average Bonchev–Trinajstić information content (AvgIpc) is 2.66. The second-order valence-electron chi connectivity index (χ2n) is 6.17. The van der Waals surface area contributed by atoms with Gasteiger partial charge >= 0.3 is 6.18 Å². The van der Waals surface area contributed by atoms with Gasteiger partial charge in [0.05, 0.1) is 35.9 Å². The van der Waals surface area contributed by atoms with Crippen molar-refractivity contribution in [3.05, 3.63) is 62.6 Å². The number of alkyl halides is 3. The van der Waals surface area contributed by atoms with Crippen LogP contribution < -0.4 is 10.3 Å². The molecule has 0 unspecified atom stereocenters. The smallest absolute Gasteiger partial charge is 0.416 e. The maximum atomic E-state index is 13.2. The molecule has 4 nitrogen and oxygen atoms in total. The summed E-state index contributed by atoms with van der Waals surface area (Å²) in [7, 11) is 0. The number of thioether (sulfide) groups is 1. The Morgan fingerprint density at radius 3 is 2.62 bits per heavy atom. The van der Waals surface area contributed by atoms with Gasteiger partial charge in [-0.3, -0.25) is 9.36 Å². The lowest BCUT2D eigenvalue weighted by atomic mass is 10.1. The fourth-order valence-corrected chi connectivity index (χ4v) is 4.27. The molecule has 0 saturated heterocycles. The van der Waals surface area contributed by atoms with E-state index in [0.29, 0.717) is 12.4 Å². The minimum absolute atomic E-state index is 0.0835. The lowest BCUT2D eigenvalue weighted by Gasteiger charge is -2.14. The van der Waals surface area contributed by atoms with Crippen molar-refractivity contribution in [3.8, 4) is 5.75 Å². The molecule has 154 valence electrons. The van der Waals surface area contributed by atoms with Crippen molar-refractivity contribution in [3.63, 3.8) is 0 Å². The molecule has 0 saturated carbocycles. The van der Waals surface area contributed by atoms with Gasteiger partial charge in [-0.15, -0.1) is 11.8 Å². The second-order valence-corrected chi connectivity index (χ2v) is 8.33. The van der Waals surface area contributed by atoms with Crippen LogP contribution in [-0.4, -0.2) is 21.9 Å². The highest BCUT2D eigenvalue weighted by atomic mass is 79.9. The Kier molecular flexibility index (Phi) is 6.58. The zero-order valence-electron chi connectivity index (χ0n) is 15.7. The van der Waals surface area contributed by atoms with E-state index in [2.05, 4.69) is 20.9 Å². The Morgan fingerprint density at radius 1 is 1.21 bits per heavy atom. The summed E-state index contributed by atoms with van der Waals surface area (Å²) in [6.45, 7) is 4.58. The Hall–Kier alpha value is -2.00. The van der Waals surface area contributed by atoms with Gasteiger partial charge in [-0.05, 0) is 64.5 Å². The summed E-state index contributed by atoms with van der Waals surface area (Å²) in [6.07, 6.45) is -3.20. The first kappa shape index (κ1) is 21.7. The van der Waals surface area contributed by atoms with Gasteiger partial charge in [0.1, 0.15) is 5.75 Å². The van der Waals surface area contributed by atoms with Gasteiger partial charge < -0.3 is 4.74 Å². The molecule has 0 radical (unpaired) electrons. The molecule has 0 bridgehead atoms. The number of rotatable bonds is 6. The largest absolute Gasteiger partial charge is 0.494 e. The monoisotopic (exact) mass is 486 g/mol. The topological polar surface area (TPSA) is 44.1 Å². The van der Waals surface area contributed by atoms with Gasteiger partial charge in [0, 0.05) is 9.37 Å². The second kappa shape index (κ2) is 8.79. The molecule has 0 aliphatic carbocycles. The van der Waals surface area contributed by atoms with Gasteiger partial charge in [-0.1, -0.05) is 6.92 Å². The lowest BCUT2D eigenvalue weighted by Crippen LogP contribution is -2.22. The van der Waals surface area contributed by atoms with Gasteiger partial charge in [0.2, 0.25) is 0 Å². The quantitative estimate of drug-likeness (QED) is 0.417. The van der Waals surface area contributed by atoms with E-state index in [1.54, 1.807) is 11.8 Å². The summed E-state index contributed by atoms with van der Waals surface area (Å²) < 4.78 is 46.5. The Bertz CT molecular complexity index is 1100. The van der Waals surface area contributed by atoms with E-state index in [-0.39, 0.29) is 21.9 Å². The lowest BCUT2D eigenvalue weighted by molar-refractivity contribution is -0.137. The predicted octanol–water partition coefficient (Wildman–Crippen LogP) is 5.74. The van der Waals surface area contributed by atoms with Gasteiger partial charge in [0.25, 0.3) is 5.56 Å². The van der Waals surface area contributed by atoms with Crippen molar-refractivity contribution in [2.24, 2.45) is 0 Å². The van der Waals surface area contributed by atoms with Crippen molar-refractivity contribution in [2.45, 2.75) is 31.5 Å². The van der Waals surface area contributed by atoms with Crippen molar-refractivity contribution in [2.75, 3.05) is 12.4 Å². The third-order valence-corrected chi connectivity index (χ3v) is 5.79. The number of halogens is 4. The zero-order chi connectivity index (χ0) is 21.2. The Morgan fingerprint density at radius 2 is 1.97 bits per heavy atom. The van der Waals surface area contributed by atoms with Crippen LogP contribution in [0.3, 0.4) is 0 Å². The molecule has 0 spiro atoms. The molecule has 0 fully saturated rings. The number of benzene rings is 2.